The zero-order valence-corrected chi connectivity index (χ0v) is 18.4. The van der Waals surface area contributed by atoms with E-state index in [4.69, 9.17) is 21.1 Å². The maximum Gasteiger partial charge on any atom is 0.138 e. The molecule has 0 saturated carbocycles. The molecule has 30 heavy (non-hydrogen) atoms. The molecular formula is C25H25ClN2O2. The predicted octanol–water partition coefficient (Wildman–Crippen LogP) is 6.90. The van der Waals surface area contributed by atoms with Gasteiger partial charge in [0.05, 0.1) is 29.1 Å². The summed E-state index contributed by atoms with van der Waals surface area (Å²) in [6.45, 7) is 8.02. The number of imidazole rings is 1. The first-order valence-corrected chi connectivity index (χ1v) is 10.5. The highest BCUT2D eigenvalue weighted by atomic mass is 35.5. The molecular weight excluding hydrogens is 396 g/mol. The predicted molar refractivity (Wildman–Crippen MR) is 123 cm³/mol. The largest absolute Gasteiger partial charge is 0.491 e. The van der Waals surface area contributed by atoms with E-state index < -0.39 is 0 Å². The molecule has 0 aliphatic rings. The van der Waals surface area contributed by atoms with Crippen LogP contribution in [0.4, 0.5) is 0 Å². The Morgan fingerprint density at radius 1 is 0.800 bits per heavy atom. The smallest absolute Gasteiger partial charge is 0.138 e. The van der Waals surface area contributed by atoms with Gasteiger partial charge in [0.25, 0.3) is 0 Å². The molecule has 0 spiro atoms. The van der Waals surface area contributed by atoms with Crippen LogP contribution in [0.25, 0.3) is 28.0 Å². The lowest BCUT2D eigenvalue weighted by Gasteiger charge is -2.13. The molecule has 4 aromatic rings. The molecule has 4 rings (SSSR count). The molecule has 0 aliphatic carbocycles. The van der Waals surface area contributed by atoms with Gasteiger partial charge in [-0.05, 0) is 87.4 Å². The van der Waals surface area contributed by atoms with Gasteiger partial charge in [0.1, 0.15) is 17.1 Å². The molecule has 0 bridgehead atoms. The normalized spacial score (nSPS) is 11.4. The molecule has 2 heterocycles. The van der Waals surface area contributed by atoms with Crippen molar-refractivity contribution in [3.05, 3.63) is 72.0 Å². The second kappa shape index (κ2) is 8.41. The lowest BCUT2D eigenvalue weighted by atomic mass is 10.1. The van der Waals surface area contributed by atoms with Gasteiger partial charge in [-0.15, -0.1) is 0 Å². The van der Waals surface area contributed by atoms with Gasteiger partial charge in [-0.3, -0.25) is 4.40 Å². The van der Waals surface area contributed by atoms with Gasteiger partial charge in [0.15, 0.2) is 0 Å². The maximum absolute atomic E-state index is 6.44. The summed E-state index contributed by atoms with van der Waals surface area (Å²) >= 11 is 6.44. The van der Waals surface area contributed by atoms with Crippen LogP contribution < -0.4 is 9.47 Å². The molecule has 0 unspecified atom stereocenters. The SMILES string of the molecule is CC(C)Oc1ccc(-c2cnc3ccc(-c4ccc(OC(C)C)c(Cl)c4)cn23)cc1. The molecule has 0 saturated heterocycles. The molecule has 0 aliphatic heterocycles. The Morgan fingerprint density at radius 3 is 2.13 bits per heavy atom. The number of hydrogen-bond donors (Lipinski definition) is 0. The van der Waals surface area contributed by atoms with Crippen LogP contribution in [-0.4, -0.2) is 21.6 Å². The summed E-state index contributed by atoms with van der Waals surface area (Å²) in [6.07, 6.45) is 4.21. The third kappa shape index (κ3) is 4.29. The van der Waals surface area contributed by atoms with Crippen LogP contribution in [0.3, 0.4) is 0 Å². The third-order valence-corrected chi connectivity index (χ3v) is 4.95. The summed E-state index contributed by atoms with van der Waals surface area (Å²) < 4.78 is 13.6. The lowest BCUT2D eigenvalue weighted by Crippen LogP contribution is -2.05. The van der Waals surface area contributed by atoms with E-state index in [1.165, 1.54) is 0 Å². The average Bonchev–Trinajstić information content (AvgIpc) is 3.12. The number of ether oxygens (including phenoxy) is 2. The number of benzene rings is 2. The number of fused-ring (bicyclic) bond motifs is 1. The number of hydrogen-bond acceptors (Lipinski definition) is 3. The van der Waals surface area contributed by atoms with Gasteiger partial charge in [-0.1, -0.05) is 17.7 Å². The van der Waals surface area contributed by atoms with Crippen molar-refractivity contribution in [1.29, 1.82) is 0 Å². The Hall–Kier alpha value is -2.98. The van der Waals surface area contributed by atoms with Crippen LogP contribution >= 0.6 is 11.6 Å². The fourth-order valence-corrected chi connectivity index (χ4v) is 3.60. The van der Waals surface area contributed by atoms with E-state index >= 15 is 0 Å². The van der Waals surface area contributed by atoms with Crippen molar-refractivity contribution >= 4 is 17.2 Å². The van der Waals surface area contributed by atoms with Crippen molar-refractivity contribution in [2.24, 2.45) is 0 Å². The summed E-state index contributed by atoms with van der Waals surface area (Å²) in [7, 11) is 0. The molecule has 5 heteroatoms. The Balaban J connectivity index is 1.69. The Labute approximate surface area is 182 Å². The van der Waals surface area contributed by atoms with Crippen molar-refractivity contribution in [1.82, 2.24) is 9.38 Å². The van der Waals surface area contributed by atoms with Gasteiger partial charge in [0, 0.05) is 11.8 Å². The lowest BCUT2D eigenvalue weighted by molar-refractivity contribution is 0.242. The van der Waals surface area contributed by atoms with Crippen molar-refractivity contribution in [2.45, 2.75) is 39.9 Å². The molecule has 2 aromatic heterocycles. The molecule has 0 atom stereocenters. The summed E-state index contributed by atoms with van der Waals surface area (Å²) in [5.74, 6) is 1.56. The summed E-state index contributed by atoms with van der Waals surface area (Å²) in [6, 6.07) is 18.1. The van der Waals surface area contributed by atoms with Crippen molar-refractivity contribution < 1.29 is 9.47 Å². The number of aromatic nitrogens is 2. The Morgan fingerprint density at radius 2 is 1.47 bits per heavy atom. The zero-order valence-electron chi connectivity index (χ0n) is 17.6. The second-order valence-electron chi connectivity index (χ2n) is 7.79. The van der Waals surface area contributed by atoms with E-state index in [1.54, 1.807) is 0 Å². The van der Waals surface area contributed by atoms with Crippen molar-refractivity contribution in [3.63, 3.8) is 0 Å². The Kier molecular flexibility index (Phi) is 5.69. The number of nitrogens with zero attached hydrogens (tertiary/aromatic N) is 2. The van der Waals surface area contributed by atoms with E-state index in [0.29, 0.717) is 10.8 Å². The average molecular weight is 421 g/mol. The maximum atomic E-state index is 6.44. The van der Waals surface area contributed by atoms with Gasteiger partial charge < -0.3 is 9.47 Å². The minimum Gasteiger partial charge on any atom is -0.491 e. The molecule has 0 amide bonds. The van der Waals surface area contributed by atoms with Crippen LogP contribution in [0.5, 0.6) is 11.5 Å². The van der Waals surface area contributed by atoms with E-state index in [-0.39, 0.29) is 12.2 Å². The first kappa shape index (κ1) is 20.3. The molecule has 0 N–H and O–H groups in total. The van der Waals surface area contributed by atoms with E-state index in [1.807, 2.05) is 70.3 Å². The van der Waals surface area contributed by atoms with Crippen molar-refractivity contribution in [3.8, 4) is 33.9 Å². The number of pyridine rings is 1. The quantitative estimate of drug-likeness (QED) is 0.340. The van der Waals surface area contributed by atoms with Gasteiger partial charge in [0.2, 0.25) is 0 Å². The number of halogens is 1. The topological polar surface area (TPSA) is 35.8 Å². The van der Waals surface area contributed by atoms with Gasteiger partial charge >= 0.3 is 0 Å². The van der Waals surface area contributed by atoms with Crippen LogP contribution in [0, 0.1) is 0 Å². The highest BCUT2D eigenvalue weighted by Gasteiger charge is 2.10. The summed E-state index contributed by atoms with van der Waals surface area (Å²) in [5, 5.41) is 0.605. The van der Waals surface area contributed by atoms with E-state index in [2.05, 4.69) is 33.8 Å². The zero-order chi connectivity index (χ0) is 21.3. The first-order chi connectivity index (χ1) is 14.4. The Bertz CT molecular complexity index is 1160. The minimum atomic E-state index is 0.0792. The van der Waals surface area contributed by atoms with E-state index in [9.17, 15) is 0 Å². The molecule has 0 fully saturated rings. The monoisotopic (exact) mass is 420 g/mol. The fraction of sp³-hybridized carbons (Fsp3) is 0.240. The molecule has 0 radical (unpaired) electrons. The van der Waals surface area contributed by atoms with Crippen molar-refractivity contribution in [2.75, 3.05) is 0 Å². The molecule has 154 valence electrons. The minimum absolute atomic E-state index is 0.0792. The standard InChI is InChI=1S/C25H25ClN2O2/c1-16(2)29-21-9-5-18(6-10-21)23-14-27-25-12-8-20(15-28(23)25)19-7-11-24(22(26)13-19)30-17(3)4/h5-17H,1-4H3. The van der Waals surface area contributed by atoms with E-state index in [0.717, 1.165) is 33.8 Å². The summed E-state index contributed by atoms with van der Waals surface area (Å²) in [5.41, 5.74) is 5.07. The third-order valence-electron chi connectivity index (χ3n) is 4.66. The van der Waals surface area contributed by atoms with Crippen LogP contribution in [0.15, 0.2) is 67.0 Å². The highest BCUT2D eigenvalue weighted by Crippen LogP contribution is 2.32. The van der Waals surface area contributed by atoms with Gasteiger partial charge in [-0.25, -0.2) is 4.98 Å². The highest BCUT2D eigenvalue weighted by molar-refractivity contribution is 6.32. The van der Waals surface area contributed by atoms with Crippen LogP contribution in [-0.2, 0) is 0 Å². The molecule has 2 aromatic carbocycles. The second-order valence-corrected chi connectivity index (χ2v) is 8.20. The van der Waals surface area contributed by atoms with Gasteiger partial charge in [-0.2, -0.15) is 0 Å². The molecule has 4 nitrogen and oxygen atoms in total. The fourth-order valence-electron chi connectivity index (χ4n) is 3.37. The first-order valence-electron chi connectivity index (χ1n) is 10.1. The van der Waals surface area contributed by atoms with Crippen LogP contribution in [0.2, 0.25) is 5.02 Å². The van der Waals surface area contributed by atoms with Crippen LogP contribution in [0.1, 0.15) is 27.7 Å². The summed E-state index contributed by atoms with van der Waals surface area (Å²) in [4.78, 5) is 4.55. The number of rotatable bonds is 6.